The molecule has 1 aliphatic heterocycles. The number of nitrogens with zero attached hydrogens (tertiary/aromatic N) is 1. The molecule has 1 amide bonds. The van der Waals surface area contributed by atoms with E-state index in [2.05, 4.69) is 0 Å². The van der Waals surface area contributed by atoms with Gasteiger partial charge in [0.05, 0.1) is 16.6 Å². The molecule has 1 fully saturated rings. The summed E-state index contributed by atoms with van der Waals surface area (Å²) in [5, 5.41) is 0. The Morgan fingerprint density at radius 1 is 1.00 bits per heavy atom. The Bertz CT molecular complexity index is 869. The van der Waals surface area contributed by atoms with Crippen LogP contribution in [0.3, 0.4) is 0 Å². The number of likely N-dealkylation sites (tertiary alicyclic amines) is 1. The number of benzene rings is 2. The predicted octanol–water partition coefficient (Wildman–Crippen LogP) is 2.73. The van der Waals surface area contributed by atoms with Crippen LogP contribution in [0.2, 0.25) is 0 Å². The van der Waals surface area contributed by atoms with E-state index in [0.717, 1.165) is 5.56 Å². The fourth-order valence-corrected chi connectivity index (χ4v) is 4.10. The van der Waals surface area contributed by atoms with Gasteiger partial charge >= 0.3 is 6.09 Å². The molecule has 0 aromatic heterocycles. The van der Waals surface area contributed by atoms with Gasteiger partial charge in [-0.15, -0.1) is 0 Å². The average molecular weight is 399 g/mol. The number of amides is 1. The molecule has 7 heteroatoms. The highest BCUT2D eigenvalue weighted by Gasteiger charge is 2.38. The van der Waals surface area contributed by atoms with Crippen molar-refractivity contribution < 1.29 is 23.3 Å². The average Bonchev–Trinajstić information content (AvgIpc) is 3.22. The maximum Gasteiger partial charge on any atom is 0.410 e. The number of carbonyl (C=O) groups excluding carboxylic acids is 3. The summed E-state index contributed by atoms with van der Waals surface area (Å²) in [5.74, 6) is -1.79. The molecule has 0 spiro atoms. The Labute approximate surface area is 165 Å². The van der Waals surface area contributed by atoms with Crippen molar-refractivity contribution in [1.82, 2.24) is 4.90 Å². The molecule has 0 aliphatic carbocycles. The van der Waals surface area contributed by atoms with Crippen molar-refractivity contribution in [1.29, 1.82) is 0 Å². The van der Waals surface area contributed by atoms with E-state index in [0.29, 0.717) is 24.3 Å². The topological polar surface area (TPSA) is 80.8 Å². The van der Waals surface area contributed by atoms with Crippen LogP contribution in [0.25, 0.3) is 0 Å². The van der Waals surface area contributed by atoms with Gasteiger partial charge in [-0.2, -0.15) is 0 Å². The molecular formula is C21H21NO5S. The van der Waals surface area contributed by atoms with Gasteiger partial charge in [-0.3, -0.25) is 18.7 Å². The predicted molar refractivity (Wildman–Crippen MR) is 104 cm³/mol. The van der Waals surface area contributed by atoms with Crippen LogP contribution in [0.4, 0.5) is 4.79 Å². The first-order chi connectivity index (χ1) is 13.6. The van der Waals surface area contributed by atoms with Gasteiger partial charge < -0.3 is 4.74 Å². The largest absolute Gasteiger partial charge is 0.445 e. The van der Waals surface area contributed by atoms with Crippen molar-refractivity contribution in [3.63, 3.8) is 0 Å². The molecule has 1 aliphatic rings. The lowest BCUT2D eigenvalue weighted by Gasteiger charge is -2.22. The van der Waals surface area contributed by atoms with E-state index in [1.165, 1.54) is 4.90 Å². The van der Waals surface area contributed by atoms with E-state index in [9.17, 15) is 18.6 Å². The van der Waals surface area contributed by atoms with Gasteiger partial charge in [0, 0.05) is 11.4 Å². The Balaban J connectivity index is 1.58. The Hall–Kier alpha value is -2.80. The SMILES string of the molecule is O=C(CS(=O)c1ccccc1)C(=O)[C@H]1CCCN1C(=O)OCc1ccccc1. The normalized spacial score (nSPS) is 17.1. The second-order valence-corrected chi connectivity index (χ2v) is 7.93. The molecule has 3 rings (SSSR count). The van der Waals surface area contributed by atoms with Gasteiger partial charge in [-0.05, 0) is 30.5 Å². The summed E-state index contributed by atoms with van der Waals surface area (Å²) in [7, 11) is -1.59. The minimum absolute atomic E-state index is 0.100. The molecule has 2 aromatic rings. The van der Waals surface area contributed by atoms with Gasteiger partial charge in [0.15, 0.2) is 0 Å². The lowest BCUT2D eigenvalue weighted by molar-refractivity contribution is -0.137. The number of hydrogen-bond donors (Lipinski definition) is 0. The molecule has 6 nitrogen and oxygen atoms in total. The summed E-state index contributed by atoms with van der Waals surface area (Å²) >= 11 is 0. The minimum Gasteiger partial charge on any atom is -0.445 e. The molecule has 1 saturated heterocycles. The molecule has 1 unspecified atom stereocenters. The van der Waals surface area contributed by atoms with Gasteiger partial charge in [-0.25, -0.2) is 4.79 Å². The van der Waals surface area contributed by atoms with Gasteiger partial charge in [-0.1, -0.05) is 48.5 Å². The van der Waals surface area contributed by atoms with E-state index in [1.807, 2.05) is 30.3 Å². The van der Waals surface area contributed by atoms with Crippen molar-refractivity contribution in [2.45, 2.75) is 30.4 Å². The van der Waals surface area contributed by atoms with Gasteiger partial charge in [0.1, 0.15) is 12.6 Å². The molecule has 0 bridgehead atoms. The number of rotatable bonds is 7. The third kappa shape index (κ3) is 4.92. The van der Waals surface area contributed by atoms with E-state index in [1.54, 1.807) is 30.3 Å². The Morgan fingerprint density at radius 2 is 1.64 bits per heavy atom. The van der Waals surface area contributed by atoms with Gasteiger partial charge in [0.25, 0.3) is 0 Å². The van der Waals surface area contributed by atoms with Crippen LogP contribution < -0.4 is 0 Å². The molecule has 0 saturated carbocycles. The van der Waals surface area contributed by atoms with Crippen LogP contribution in [0, 0.1) is 0 Å². The number of Topliss-reactive ketones (excluding diaryl/α,β-unsaturated/α-hetero) is 2. The molecule has 28 heavy (non-hydrogen) atoms. The Kier molecular flexibility index (Phi) is 6.71. The van der Waals surface area contributed by atoms with Crippen molar-refractivity contribution in [2.24, 2.45) is 0 Å². The zero-order valence-corrected chi connectivity index (χ0v) is 16.1. The van der Waals surface area contributed by atoms with E-state index < -0.39 is 34.5 Å². The maximum absolute atomic E-state index is 12.6. The zero-order valence-electron chi connectivity index (χ0n) is 15.3. The third-order valence-electron chi connectivity index (χ3n) is 4.54. The zero-order chi connectivity index (χ0) is 19.9. The van der Waals surface area contributed by atoms with E-state index in [-0.39, 0.29) is 12.4 Å². The van der Waals surface area contributed by atoms with Crippen LogP contribution in [-0.2, 0) is 31.7 Å². The first-order valence-electron chi connectivity index (χ1n) is 9.04. The number of ketones is 2. The van der Waals surface area contributed by atoms with Crippen LogP contribution in [0.5, 0.6) is 0 Å². The van der Waals surface area contributed by atoms with Crippen LogP contribution in [-0.4, -0.2) is 45.1 Å². The highest BCUT2D eigenvalue weighted by atomic mass is 32.2. The second-order valence-electron chi connectivity index (χ2n) is 6.48. The number of ether oxygens (including phenoxy) is 1. The third-order valence-corrected chi connectivity index (χ3v) is 5.86. The number of carbonyl (C=O) groups is 3. The summed E-state index contributed by atoms with van der Waals surface area (Å²) in [6.07, 6.45) is 0.409. The van der Waals surface area contributed by atoms with Crippen molar-refractivity contribution in [3.8, 4) is 0 Å². The molecule has 2 aromatic carbocycles. The summed E-state index contributed by atoms with van der Waals surface area (Å²) < 4.78 is 17.6. The maximum atomic E-state index is 12.6. The summed E-state index contributed by atoms with van der Waals surface area (Å²) in [6.45, 7) is 0.460. The highest BCUT2D eigenvalue weighted by Crippen LogP contribution is 2.20. The van der Waals surface area contributed by atoms with E-state index >= 15 is 0 Å². The molecule has 1 heterocycles. The minimum atomic E-state index is -1.59. The summed E-state index contributed by atoms with van der Waals surface area (Å²) in [4.78, 5) is 39.1. The Morgan fingerprint density at radius 3 is 2.32 bits per heavy atom. The van der Waals surface area contributed by atoms with Gasteiger partial charge in [0.2, 0.25) is 11.6 Å². The monoisotopic (exact) mass is 399 g/mol. The molecule has 146 valence electrons. The fourth-order valence-electron chi connectivity index (χ4n) is 3.09. The van der Waals surface area contributed by atoms with Crippen molar-refractivity contribution in [2.75, 3.05) is 12.3 Å². The lowest BCUT2D eigenvalue weighted by Crippen LogP contribution is -2.44. The number of hydrogen-bond acceptors (Lipinski definition) is 5. The molecule has 0 N–H and O–H groups in total. The van der Waals surface area contributed by atoms with E-state index in [4.69, 9.17) is 4.74 Å². The molecule has 0 radical (unpaired) electrons. The molecule has 2 atom stereocenters. The highest BCUT2D eigenvalue weighted by molar-refractivity contribution is 7.86. The summed E-state index contributed by atoms with van der Waals surface area (Å²) in [5.41, 5.74) is 0.840. The first kappa shape index (κ1) is 19.9. The first-order valence-corrected chi connectivity index (χ1v) is 10.4. The molecular weight excluding hydrogens is 378 g/mol. The van der Waals surface area contributed by atoms with Crippen LogP contribution in [0.1, 0.15) is 18.4 Å². The second kappa shape index (κ2) is 9.41. The van der Waals surface area contributed by atoms with Crippen molar-refractivity contribution in [3.05, 3.63) is 66.2 Å². The van der Waals surface area contributed by atoms with Crippen LogP contribution in [0.15, 0.2) is 65.6 Å². The van der Waals surface area contributed by atoms with Crippen LogP contribution >= 0.6 is 0 Å². The smallest absolute Gasteiger partial charge is 0.410 e. The standard InChI is InChI=1S/C21H21NO5S/c23-19(15-28(26)17-10-5-2-6-11-17)20(24)18-12-7-13-22(18)21(25)27-14-16-8-3-1-4-9-16/h1-6,8-11,18H,7,12-15H2/t18-,28?/m1/s1. The quantitative estimate of drug-likeness (QED) is 0.669. The fraction of sp³-hybridized carbons (Fsp3) is 0.286. The van der Waals surface area contributed by atoms with Crippen molar-refractivity contribution >= 4 is 28.5 Å². The summed E-state index contributed by atoms with van der Waals surface area (Å²) in [6, 6.07) is 16.9. The lowest BCUT2D eigenvalue weighted by atomic mass is 10.1.